The van der Waals surface area contributed by atoms with Crippen LogP contribution < -0.4 is 14.4 Å². The Morgan fingerprint density at radius 3 is 2.47 bits per heavy atom. The molecule has 1 fully saturated rings. The van der Waals surface area contributed by atoms with Gasteiger partial charge in [-0.25, -0.2) is 0 Å². The molecule has 2 aromatic carbocycles. The number of hydrogen-bond acceptors (Lipinski definition) is 5. The molecule has 0 saturated carbocycles. The van der Waals surface area contributed by atoms with E-state index < -0.39 is 13.5 Å². The lowest BCUT2D eigenvalue weighted by atomic mass is 9.88. The van der Waals surface area contributed by atoms with E-state index in [0.29, 0.717) is 29.3 Å². The van der Waals surface area contributed by atoms with Crippen LogP contribution in [0.15, 0.2) is 42.5 Å². The number of hydrogen-bond donors (Lipinski definition) is 2. The van der Waals surface area contributed by atoms with Crippen molar-refractivity contribution in [2.75, 3.05) is 44.5 Å². The van der Waals surface area contributed by atoms with Gasteiger partial charge in [-0.2, -0.15) is 0 Å². The fraction of sp³-hybridized carbons (Fsp3) is 0.586. The number of ether oxygens (including phenoxy) is 2. The van der Waals surface area contributed by atoms with Gasteiger partial charge in [0.2, 0.25) is 7.37 Å². The first-order valence-electron chi connectivity index (χ1n) is 13.1. The number of rotatable bonds is 11. The van der Waals surface area contributed by atoms with Crippen molar-refractivity contribution < 1.29 is 24.0 Å². The minimum Gasteiger partial charge on any atom is -0.497 e. The summed E-state index contributed by atoms with van der Waals surface area (Å²) in [5.41, 5.74) is 3.64. The summed E-state index contributed by atoms with van der Waals surface area (Å²) in [7, 11) is -1.57. The highest BCUT2D eigenvalue weighted by Gasteiger charge is 2.23. The summed E-state index contributed by atoms with van der Waals surface area (Å²) >= 11 is 0. The van der Waals surface area contributed by atoms with Crippen LogP contribution in [0.1, 0.15) is 63.7 Å². The highest BCUT2D eigenvalue weighted by molar-refractivity contribution is 7.57. The summed E-state index contributed by atoms with van der Waals surface area (Å²) in [5.74, 6) is 2.04. The Balaban J connectivity index is 1.56. The number of piperidine rings is 1. The van der Waals surface area contributed by atoms with Crippen LogP contribution in [-0.2, 0) is 11.0 Å². The fourth-order valence-electron chi connectivity index (χ4n) is 4.78. The van der Waals surface area contributed by atoms with Crippen LogP contribution in [0.3, 0.4) is 0 Å². The second kappa shape index (κ2) is 12.5. The zero-order valence-electron chi connectivity index (χ0n) is 22.6. The highest BCUT2D eigenvalue weighted by Crippen LogP contribution is 2.40. The lowest BCUT2D eigenvalue weighted by molar-refractivity contribution is 0.196. The average Bonchev–Trinajstić information content (AvgIpc) is 2.81. The normalized spacial score (nSPS) is 17.5. The van der Waals surface area contributed by atoms with Crippen molar-refractivity contribution in [1.82, 2.24) is 0 Å². The molecule has 7 heteroatoms. The van der Waals surface area contributed by atoms with Gasteiger partial charge in [0.05, 0.1) is 26.0 Å². The largest absolute Gasteiger partial charge is 0.497 e. The Bertz CT molecular complexity index is 1020. The molecule has 0 spiro atoms. The summed E-state index contributed by atoms with van der Waals surface area (Å²) in [6.07, 6.45) is 4.42. The van der Waals surface area contributed by atoms with E-state index in [4.69, 9.17) is 9.47 Å². The quantitative estimate of drug-likeness (QED) is 0.341. The van der Waals surface area contributed by atoms with E-state index in [1.807, 2.05) is 12.1 Å². The fourth-order valence-corrected chi connectivity index (χ4v) is 5.63. The molecule has 1 saturated heterocycles. The van der Waals surface area contributed by atoms with E-state index in [2.05, 4.69) is 43.9 Å². The molecule has 3 rings (SSSR count). The van der Waals surface area contributed by atoms with Gasteiger partial charge in [-0.05, 0) is 72.8 Å². The van der Waals surface area contributed by atoms with E-state index in [1.54, 1.807) is 19.2 Å². The van der Waals surface area contributed by atoms with Gasteiger partial charge in [-0.15, -0.1) is 0 Å². The van der Waals surface area contributed by atoms with Crippen molar-refractivity contribution in [2.45, 2.75) is 59.0 Å². The summed E-state index contributed by atoms with van der Waals surface area (Å²) in [4.78, 5) is 12.1. The van der Waals surface area contributed by atoms with Gasteiger partial charge in [0, 0.05) is 31.5 Å². The van der Waals surface area contributed by atoms with Gasteiger partial charge < -0.3 is 24.4 Å². The molecule has 1 heterocycles. The highest BCUT2D eigenvalue weighted by atomic mass is 31.2. The van der Waals surface area contributed by atoms with Crippen LogP contribution in [-0.4, -0.2) is 49.6 Å². The number of methoxy groups -OCH3 is 1. The van der Waals surface area contributed by atoms with Crippen LogP contribution in [0.4, 0.5) is 5.69 Å². The lowest BCUT2D eigenvalue weighted by Crippen LogP contribution is -2.36. The maximum Gasteiger partial charge on any atom is 0.200 e. The van der Waals surface area contributed by atoms with E-state index in [9.17, 15) is 14.6 Å². The van der Waals surface area contributed by atoms with Crippen molar-refractivity contribution in [3.05, 3.63) is 53.6 Å². The van der Waals surface area contributed by atoms with E-state index in [0.717, 1.165) is 38.1 Å². The van der Waals surface area contributed by atoms with Crippen molar-refractivity contribution in [3.8, 4) is 11.5 Å². The van der Waals surface area contributed by atoms with E-state index >= 15 is 0 Å². The van der Waals surface area contributed by atoms with Crippen molar-refractivity contribution >= 4 is 13.1 Å². The van der Waals surface area contributed by atoms with E-state index in [1.165, 1.54) is 30.8 Å². The molecule has 2 atom stereocenters. The number of benzene rings is 2. The van der Waals surface area contributed by atoms with Crippen LogP contribution in [0.25, 0.3) is 0 Å². The van der Waals surface area contributed by atoms with Gasteiger partial charge in [0.25, 0.3) is 0 Å². The maximum absolute atomic E-state index is 11.6. The molecule has 1 aliphatic rings. The molecule has 200 valence electrons. The average molecular weight is 518 g/mol. The predicted molar refractivity (Wildman–Crippen MR) is 148 cm³/mol. The van der Waals surface area contributed by atoms with Crippen LogP contribution in [0.2, 0.25) is 0 Å². The van der Waals surface area contributed by atoms with Crippen LogP contribution in [0, 0.1) is 11.3 Å². The molecular weight excluding hydrogens is 473 g/mol. The second-order valence-electron chi connectivity index (χ2n) is 11.5. The first-order valence-corrected chi connectivity index (χ1v) is 15.3. The molecule has 0 radical (unpaired) electrons. The third-order valence-electron chi connectivity index (χ3n) is 6.86. The number of aryl methyl sites for hydroxylation is 1. The summed E-state index contributed by atoms with van der Waals surface area (Å²) in [6.45, 7) is 10.7. The third kappa shape index (κ3) is 9.14. The van der Waals surface area contributed by atoms with Crippen molar-refractivity contribution in [1.29, 1.82) is 0 Å². The minimum atomic E-state index is -3.30. The lowest BCUT2D eigenvalue weighted by Gasteiger charge is -2.35. The Morgan fingerprint density at radius 2 is 1.83 bits per heavy atom. The third-order valence-corrected chi connectivity index (χ3v) is 7.88. The molecule has 1 aliphatic heterocycles. The predicted octanol–water partition coefficient (Wildman–Crippen LogP) is 6.29. The molecule has 2 N–H and O–H groups in total. The molecule has 2 aromatic rings. The van der Waals surface area contributed by atoms with Gasteiger partial charge in [-0.1, -0.05) is 39.0 Å². The molecule has 0 amide bonds. The summed E-state index contributed by atoms with van der Waals surface area (Å²) < 4.78 is 23.2. The zero-order valence-corrected chi connectivity index (χ0v) is 23.5. The number of aliphatic hydroxyl groups is 1. The first-order chi connectivity index (χ1) is 16.9. The standard InChI is InChI=1S/C29H44NO5P/c1-29(2,3)15-7-9-23-11-12-25(34-4)19-27(23)30-16-13-22(14-17-30)20-35-26-10-6-8-24(18-26)28(31)21-36(5,32)33/h6,8,10-12,18-19,22,28,31H,7,9,13-17,20-21H2,1-5H3,(H,32,33)/t28-/m1/s1. The van der Waals surface area contributed by atoms with Gasteiger partial charge in [0.1, 0.15) is 11.5 Å². The number of nitrogens with zero attached hydrogens (tertiary/aromatic N) is 1. The number of aliphatic hydroxyl groups excluding tert-OH is 1. The minimum absolute atomic E-state index is 0.155. The topological polar surface area (TPSA) is 79.2 Å². The molecule has 0 bridgehead atoms. The molecule has 6 nitrogen and oxygen atoms in total. The Kier molecular flexibility index (Phi) is 9.91. The van der Waals surface area contributed by atoms with Crippen molar-refractivity contribution in [2.24, 2.45) is 11.3 Å². The number of anilines is 1. The van der Waals surface area contributed by atoms with Crippen molar-refractivity contribution in [3.63, 3.8) is 0 Å². The van der Waals surface area contributed by atoms with E-state index in [-0.39, 0.29) is 6.16 Å². The van der Waals surface area contributed by atoms with Gasteiger partial charge >= 0.3 is 0 Å². The molecule has 36 heavy (non-hydrogen) atoms. The zero-order chi connectivity index (χ0) is 26.3. The SMILES string of the molecule is COc1ccc(CCCC(C)(C)C)c(N2CCC(COc3cccc([C@H](O)CP(C)(=O)O)c3)CC2)c1. The second-order valence-corrected chi connectivity index (χ2v) is 13.9. The molecule has 0 aromatic heterocycles. The maximum atomic E-state index is 11.6. The monoisotopic (exact) mass is 517 g/mol. The molecule has 0 aliphatic carbocycles. The first kappa shape index (κ1) is 28.6. The Morgan fingerprint density at radius 1 is 1.11 bits per heavy atom. The van der Waals surface area contributed by atoms with Gasteiger partial charge in [-0.3, -0.25) is 4.57 Å². The molecule has 1 unspecified atom stereocenters. The smallest absolute Gasteiger partial charge is 0.200 e. The summed E-state index contributed by atoms with van der Waals surface area (Å²) in [6, 6.07) is 13.7. The summed E-state index contributed by atoms with van der Waals surface area (Å²) in [5, 5.41) is 10.3. The van der Waals surface area contributed by atoms with Gasteiger partial charge in [0.15, 0.2) is 0 Å². The van der Waals surface area contributed by atoms with Crippen LogP contribution >= 0.6 is 7.37 Å². The Hall–Kier alpha value is -2.01. The van der Waals surface area contributed by atoms with Crippen LogP contribution in [0.5, 0.6) is 11.5 Å². The Labute approximate surface area is 217 Å². The molecular formula is C29H44NO5P.